The zero-order chi connectivity index (χ0) is 14.6. The van der Waals surface area contributed by atoms with E-state index in [-0.39, 0.29) is 11.3 Å². The van der Waals surface area contributed by atoms with E-state index < -0.39 is 33.2 Å². The second kappa shape index (κ2) is 5.76. The number of nitrogens with zero attached hydrogens (tertiary/aromatic N) is 2. The minimum Gasteiger partial charge on any atom is -0.369 e. The monoisotopic (exact) mass is 287 g/mol. The Morgan fingerprint density at radius 3 is 2.63 bits per heavy atom. The third kappa shape index (κ3) is 4.30. The molecule has 1 amide bonds. The Morgan fingerprint density at radius 2 is 2.11 bits per heavy atom. The minimum atomic E-state index is -3.74. The van der Waals surface area contributed by atoms with Gasteiger partial charge in [0.15, 0.2) is 0 Å². The van der Waals surface area contributed by atoms with Gasteiger partial charge in [-0.05, 0) is 5.56 Å². The summed E-state index contributed by atoms with van der Waals surface area (Å²) in [5.74, 6) is -1.21. The number of hydrogen-bond acceptors (Lipinski definition) is 5. The van der Waals surface area contributed by atoms with Gasteiger partial charge in [0, 0.05) is 19.2 Å². The highest BCUT2D eigenvalue weighted by Gasteiger charge is 2.21. The first-order chi connectivity index (χ1) is 8.72. The van der Waals surface area contributed by atoms with Gasteiger partial charge >= 0.3 is 0 Å². The van der Waals surface area contributed by atoms with Crippen molar-refractivity contribution in [3.05, 3.63) is 39.9 Å². The number of nitro groups is 1. The SMILES string of the molecule is CN(CC(N)=O)S(=O)(=O)Cc1cccc([N+](=O)[O-])c1. The zero-order valence-electron chi connectivity index (χ0n) is 10.1. The number of benzene rings is 1. The highest BCUT2D eigenvalue weighted by Crippen LogP contribution is 2.16. The molecule has 0 atom stereocenters. The van der Waals surface area contributed by atoms with Crippen molar-refractivity contribution < 1.29 is 18.1 Å². The van der Waals surface area contributed by atoms with Crippen LogP contribution in [0.25, 0.3) is 0 Å². The van der Waals surface area contributed by atoms with Crippen molar-refractivity contribution in [3.63, 3.8) is 0 Å². The number of carbonyl (C=O) groups excluding carboxylic acids is 1. The molecule has 0 aliphatic heterocycles. The van der Waals surface area contributed by atoms with E-state index >= 15 is 0 Å². The fourth-order valence-corrected chi connectivity index (χ4v) is 2.54. The number of likely N-dealkylation sites (N-methyl/N-ethyl adjacent to an activating group) is 1. The van der Waals surface area contributed by atoms with Crippen molar-refractivity contribution >= 4 is 21.6 Å². The lowest BCUT2D eigenvalue weighted by Gasteiger charge is -2.15. The average Bonchev–Trinajstić information content (AvgIpc) is 2.27. The van der Waals surface area contributed by atoms with Crippen LogP contribution in [0, 0.1) is 10.1 Å². The number of hydrogen-bond donors (Lipinski definition) is 1. The van der Waals surface area contributed by atoms with E-state index in [1.807, 2.05) is 0 Å². The Balaban J connectivity index is 2.92. The number of carbonyl (C=O) groups is 1. The second-order valence-electron chi connectivity index (χ2n) is 3.91. The zero-order valence-corrected chi connectivity index (χ0v) is 11.0. The van der Waals surface area contributed by atoms with Gasteiger partial charge in [-0.15, -0.1) is 0 Å². The van der Waals surface area contributed by atoms with Crippen LogP contribution >= 0.6 is 0 Å². The Bertz CT molecular complexity index is 599. The van der Waals surface area contributed by atoms with Gasteiger partial charge < -0.3 is 5.73 Å². The van der Waals surface area contributed by atoms with Crippen molar-refractivity contribution in [2.45, 2.75) is 5.75 Å². The molecule has 1 aromatic carbocycles. The van der Waals surface area contributed by atoms with Crippen LogP contribution in [0.3, 0.4) is 0 Å². The van der Waals surface area contributed by atoms with Crippen molar-refractivity contribution in [3.8, 4) is 0 Å². The van der Waals surface area contributed by atoms with Crippen LogP contribution in [0.15, 0.2) is 24.3 Å². The first kappa shape index (κ1) is 15.1. The van der Waals surface area contributed by atoms with Crippen LogP contribution in [0.1, 0.15) is 5.56 Å². The van der Waals surface area contributed by atoms with Crippen LogP contribution in [-0.4, -0.2) is 37.1 Å². The van der Waals surface area contributed by atoms with Gasteiger partial charge in [0.1, 0.15) is 0 Å². The van der Waals surface area contributed by atoms with Gasteiger partial charge in [-0.2, -0.15) is 4.31 Å². The first-order valence-electron chi connectivity index (χ1n) is 5.18. The Kier molecular flexibility index (Phi) is 4.57. The van der Waals surface area contributed by atoms with E-state index in [4.69, 9.17) is 5.73 Å². The van der Waals surface area contributed by atoms with E-state index in [0.717, 1.165) is 4.31 Å². The molecule has 0 aliphatic rings. The van der Waals surface area contributed by atoms with E-state index in [9.17, 15) is 23.3 Å². The molecule has 0 radical (unpaired) electrons. The van der Waals surface area contributed by atoms with Crippen molar-refractivity contribution in [1.29, 1.82) is 0 Å². The van der Waals surface area contributed by atoms with Crippen molar-refractivity contribution in [1.82, 2.24) is 4.31 Å². The van der Waals surface area contributed by atoms with Gasteiger partial charge in [0.2, 0.25) is 15.9 Å². The second-order valence-corrected chi connectivity index (χ2v) is 5.98. The predicted octanol–water partition coefficient (Wildman–Crippen LogP) is -0.158. The minimum absolute atomic E-state index is 0.190. The molecule has 0 bridgehead atoms. The molecule has 0 heterocycles. The summed E-state index contributed by atoms with van der Waals surface area (Å²) in [7, 11) is -2.52. The Hall–Kier alpha value is -2.00. The normalized spacial score (nSPS) is 11.5. The van der Waals surface area contributed by atoms with Gasteiger partial charge in [-0.25, -0.2) is 8.42 Å². The predicted molar refractivity (Wildman–Crippen MR) is 67.5 cm³/mol. The van der Waals surface area contributed by atoms with Crippen LogP contribution in [0.5, 0.6) is 0 Å². The smallest absolute Gasteiger partial charge is 0.269 e. The molecule has 104 valence electrons. The number of sulfonamides is 1. The number of nitrogens with two attached hydrogens (primary N) is 1. The standard InChI is InChI=1S/C10H13N3O5S/c1-12(6-10(11)14)19(17,18)7-8-3-2-4-9(5-8)13(15)16/h2-5H,6-7H2,1H3,(H2,11,14). The quantitative estimate of drug-likeness (QED) is 0.575. The molecule has 1 rings (SSSR count). The molecule has 0 spiro atoms. The lowest BCUT2D eigenvalue weighted by Crippen LogP contribution is -2.36. The maximum absolute atomic E-state index is 11.9. The molecule has 0 unspecified atom stereocenters. The van der Waals surface area contributed by atoms with Crippen molar-refractivity contribution in [2.24, 2.45) is 5.73 Å². The van der Waals surface area contributed by atoms with Crippen LogP contribution < -0.4 is 5.73 Å². The summed E-state index contributed by atoms with van der Waals surface area (Å²) < 4.78 is 24.5. The molecule has 1 aromatic rings. The number of non-ortho nitro benzene ring substituents is 1. The molecule has 0 saturated carbocycles. The molecular weight excluding hydrogens is 274 g/mol. The fraction of sp³-hybridized carbons (Fsp3) is 0.300. The number of rotatable bonds is 6. The molecule has 0 saturated heterocycles. The molecule has 0 aromatic heterocycles. The summed E-state index contributed by atoms with van der Waals surface area (Å²) in [5, 5.41) is 10.6. The third-order valence-corrected chi connectivity index (χ3v) is 4.10. The summed E-state index contributed by atoms with van der Waals surface area (Å²) in [4.78, 5) is 20.7. The molecule has 0 fully saturated rings. The maximum Gasteiger partial charge on any atom is 0.269 e. The fourth-order valence-electron chi connectivity index (χ4n) is 1.40. The van der Waals surface area contributed by atoms with Gasteiger partial charge in [-0.1, -0.05) is 12.1 Å². The number of primary amides is 1. The Morgan fingerprint density at radius 1 is 1.47 bits per heavy atom. The van der Waals surface area contributed by atoms with Crippen LogP contribution in [0.4, 0.5) is 5.69 Å². The summed E-state index contributed by atoms with van der Waals surface area (Å²) in [6.45, 7) is -0.433. The maximum atomic E-state index is 11.9. The summed E-state index contributed by atoms with van der Waals surface area (Å²) in [6.07, 6.45) is 0. The highest BCUT2D eigenvalue weighted by molar-refractivity contribution is 7.88. The molecular formula is C10H13N3O5S. The van der Waals surface area contributed by atoms with Gasteiger partial charge in [0.25, 0.3) is 5.69 Å². The number of amides is 1. The van der Waals surface area contributed by atoms with Crippen LogP contribution in [0.2, 0.25) is 0 Å². The van der Waals surface area contributed by atoms with E-state index in [1.54, 1.807) is 0 Å². The summed E-state index contributed by atoms with van der Waals surface area (Å²) in [5.41, 5.74) is 4.99. The summed E-state index contributed by atoms with van der Waals surface area (Å²) in [6, 6.07) is 5.30. The van der Waals surface area contributed by atoms with Crippen LogP contribution in [-0.2, 0) is 20.6 Å². The van der Waals surface area contributed by atoms with E-state index in [2.05, 4.69) is 0 Å². The largest absolute Gasteiger partial charge is 0.369 e. The third-order valence-electron chi connectivity index (χ3n) is 2.32. The van der Waals surface area contributed by atoms with Gasteiger partial charge in [0.05, 0.1) is 17.2 Å². The van der Waals surface area contributed by atoms with E-state index in [1.165, 1.54) is 31.3 Å². The topological polar surface area (TPSA) is 124 Å². The molecule has 9 heteroatoms. The Labute approximate surface area is 110 Å². The van der Waals surface area contributed by atoms with E-state index in [0.29, 0.717) is 0 Å². The lowest BCUT2D eigenvalue weighted by molar-refractivity contribution is -0.384. The number of nitro benzene ring substituents is 1. The highest BCUT2D eigenvalue weighted by atomic mass is 32.2. The van der Waals surface area contributed by atoms with Crippen molar-refractivity contribution in [2.75, 3.05) is 13.6 Å². The average molecular weight is 287 g/mol. The molecule has 19 heavy (non-hydrogen) atoms. The molecule has 2 N–H and O–H groups in total. The van der Waals surface area contributed by atoms with Gasteiger partial charge in [-0.3, -0.25) is 14.9 Å². The molecule has 0 aliphatic carbocycles. The summed E-state index contributed by atoms with van der Waals surface area (Å²) >= 11 is 0. The molecule has 8 nitrogen and oxygen atoms in total. The first-order valence-corrected chi connectivity index (χ1v) is 6.79. The lowest BCUT2D eigenvalue weighted by atomic mass is 10.2.